The van der Waals surface area contributed by atoms with Crippen LogP contribution in [0.25, 0.3) is 0 Å². The first-order valence-corrected chi connectivity index (χ1v) is 22.6. The number of thioether (sulfide) groups is 2. The van der Waals surface area contributed by atoms with Crippen LogP contribution < -0.4 is 9.47 Å². The Morgan fingerprint density at radius 1 is 0.678 bits per heavy atom. The van der Waals surface area contributed by atoms with Crippen molar-refractivity contribution in [1.82, 2.24) is 0 Å². The normalized spacial score (nSPS) is 24.6. The van der Waals surface area contributed by atoms with Crippen LogP contribution in [0.4, 0.5) is 0 Å². The van der Waals surface area contributed by atoms with Gasteiger partial charge in [-0.25, -0.2) is 9.59 Å². The summed E-state index contributed by atoms with van der Waals surface area (Å²) in [5, 5.41) is 9.96. The van der Waals surface area contributed by atoms with Gasteiger partial charge < -0.3 is 28.4 Å². The third-order valence-corrected chi connectivity index (χ3v) is 14.0. The van der Waals surface area contributed by atoms with Crippen molar-refractivity contribution in [1.29, 1.82) is 5.26 Å². The highest BCUT2D eigenvalue weighted by molar-refractivity contribution is 8.24. The summed E-state index contributed by atoms with van der Waals surface area (Å²) in [7, 11) is 0. The molecule has 59 heavy (non-hydrogen) atoms. The fourth-order valence-electron chi connectivity index (χ4n) is 7.59. The second kappa shape index (κ2) is 22.9. The Balaban J connectivity index is 1.12. The molecule has 1 aromatic carbocycles. The third-order valence-electron chi connectivity index (χ3n) is 11.3. The number of ether oxygens (including phenoxy) is 6. The summed E-state index contributed by atoms with van der Waals surface area (Å²) in [5.41, 5.74) is -0.166. The number of nitrogens with zero attached hydrogens (tertiary/aromatic N) is 1. The predicted octanol–water partition coefficient (Wildman–Crippen LogP) is 8.56. The Bertz CT molecular complexity index is 1780. The molecule has 1 heterocycles. The summed E-state index contributed by atoms with van der Waals surface area (Å²) in [6.07, 6.45) is 10.8. The van der Waals surface area contributed by atoms with E-state index in [4.69, 9.17) is 28.4 Å². The number of esters is 6. The fraction of sp³-hybridized carbons (Fsp3) is 0.614. The molecule has 1 aromatic rings. The van der Waals surface area contributed by atoms with Crippen LogP contribution in [0.2, 0.25) is 0 Å². The van der Waals surface area contributed by atoms with Crippen molar-refractivity contribution < 1.29 is 57.2 Å². The molecule has 15 heteroatoms. The quantitative estimate of drug-likeness (QED) is 0.0363. The average Bonchev–Trinajstić information content (AvgIpc) is 3.69. The van der Waals surface area contributed by atoms with Crippen molar-refractivity contribution in [2.45, 2.75) is 132 Å². The van der Waals surface area contributed by atoms with Gasteiger partial charge in [-0.05, 0) is 114 Å². The minimum atomic E-state index is -0.739. The number of fused-ring (bicyclic) bond motifs is 1. The molecule has 0 spiro atoms. The molecule has 3 fully saturated rings. The number of nitriles is 1. The van der Waals surface area contributed by atoms with Crippen molar-refractivity contribution in [2.24, 2.45) is 29.6 Å². The Morgan fingerprint density at radius 3 is 1.68 bits per heavy atom. The summed E-state index contributed by atoms with van der Waals surface area (Å²) in [4.78, 5) is 77.4. The van der Waals surface area contributed by atoms with Crippen LogP contribution in [0.3, 0.4) is 0 Å². The van der Waals surface area contributed by atoms with Crippen LogP contribution in [-0.2, 0) is 47.7 Å². The maximum Gasteiger partial charge on any atom is 0.350 e. The molecule has 0 N–H and O–H groups in total. The maximum absolute atomic E-state index is 13.6. The summed E-state index contributed by atoms with van der Waals surface area (Å²) >= 11 is 2.23. The lowest BCUT2D eigenvalue weighted by molar-refractivity contribution is -0.160. The fourth-order valence-corrected chi connectivity index (χ4v) is 10.1. The van der Waals surface area contributed by atoms with E-state index in [-0.39, 0.29) is 78.7 Å². The van der Waals surface area contributed by atoms with Crippen LogP contribution >= 0.6 is 23.5 Å². The number of rotatable bonds is 17. The first-order valence-electron chi connectivity index (χ1n) is 20.9. The standard InChI is InChI=1S/C44H55NO12S2/c1-4-6-23-54-43(51)33(26-45)44-58-37-34(56-41(49)29-11-9-27(3)10-12-29)21-22-35(38(37)59-44)57-42(50)31-17-19-32(20-18-31)55-40(48)30-15-13-28(14-16-30)39(47)53-25-8-7-24-52-36(46)5-2/h5,21-22,27-32H,2,4,6-20,23-25H2,1,3H3/b44-33+. The Hall–Kier alpha value is -4.29. The molecule has 0 unspecified atom stereocenters. The topological polar surface area (TPSA) is 182 Å². The van der Waals surface area contributed by atoms with Crippen LogP contribution in [0.15, 0.2) is 44.4 Å². The van der Waals surface area contributed by atoms with Crippen molar-refractivity contribution >= 4 is 59.3 Å². The summed E-state index contributed by atoms with van der Waals surface area (Å²) < 4.78 is 33.8. The Morgan fingerprint density at radius 2 is 1.15 bits per heavy atom. The van der Waals surface area contributed by atoms with Crippen LogP contribution in [0, 0.1) is 40.9 Å². The minimum absolute atomic E-state index is 0.166. The van der Waals surface area contributed by atoms with E-state index in [1.165, 1.54) is 0 Å². The molecule has 0 amide bonds. The van der Waals surface area contributed by atoms with E-state index in [0.29, 0.717) is 90.6 Å². The molecule has 0 radical (unpaired) electrons. The predicted molar refractivity (Wildman–Crippen MR) is 218 cm³/mol. The summed E-state index contributed by atoms with van der Waals surface area (Å²) in [5.74, 6) is -2.70. The third kappa shape index (κ3) is 13.1. The van der Waals surface area contributed by atoms with Gasteiger partial charge in [0, 0.05) is 6.08 Å². The maximum atomic E-state index is 13.6. The van der Waals surface area contributed by atoms with Gasteiger partial charge in [0.05, 0.1) is 57.5 Å². The van der Waals surface area contributed by atoms with Gasteiger partial charge in [0.1, 0.15) is 23.7 Å². The number of unbranched alkanes of at least 4 members (excludes halogenated alkanes) is 2. The van der Waals surface area contributed by atoms with Crippen molar-refractivity contribution in [3.05, 3.63) is 34.6 Å². The zero-order valence-corrected chi connectivity index (χ0v) is 35.6. The SMILES string of the molecule is C=CC(=O)OCCCCOC(=O)C1CCC(C(=O)OC2CCC(C(=O)Oc3ccc(OC(=O)C4CCC(C)CC4)c4c3S/C(=C(\C#N)C(=O)OCCCC)S4)CC2)CC1. The smallest absolute Gasteiger partial charge is 0.350 e. The molecular weight excluding hydrogens is 799 g/mol. The van der Waals surface area contributed by atoms with E-state index in [9.17, 15) is 34.0 Å². The zero-order valence-electron chi connectivity index (χ0n) is 34.0. The molecule has 0 bridgehead atoms. The van der Waals surface area contributed by atoms with E-state index in [0.717, 1.165) is 61.7 Å². The van der Waals surface area contributed by atoms with Crippen LogP contribution in [-0.4, -0.2) is 61.7 Å². The molecule has 3 aliphatic carbocycles. The Labute approximate surface area is 354 Å². The first kappa shape index (κ1) is 45.8. The monoisotopic (exact) mass is 853 g/mol. The van der Waals surface area contributed by atoms with E-state index in [2.05, 4.69) is 13.5 Å². The van der Waals surface area contributed by atoms with Gasteiger partial charge in [-0.1, -0.05) is 50.4 Å². The zero-order chi connectivity index (χ0) is 42.3. The molecule has 3 saturated carbocycles. The van der Waals surface area contributed by atoms with Crippen molar-refractivity contribution in [3.8, 4) is 17.6 Å². The van der Waals surface area contributed by atoms with E-state index < -0.39 is 23.8 Å². The average molecular weight is 854 g/mol. The lowest BCUT2D eigenvalue weighted by Gasteiger charge is -2.30. The molecule has 1 aliphatic heterocycles. The number of hydrogen-bond donors (Lipinski definition) is 0. The van der Waals surface area contributed by atoms with E-state index in [1.807, 2.05) is 13.0 Å². The molecule has 0 atom stereocenters. The first-order chi connectivity index (χ1) is 28.5. The summed E-state index contributed by atoms with van der Waals surface area (Å²) in [6.45, 7) is 8.15. The largest absolute Gasteiger partial charge is 0.465 e. The van der Waals surface area contributed by atoms with Crippen molar-refractivity contribution in [2.75, 3.05) is 19.8 Å². The number of carbonyl (C=O) groups excluding carboxylic acids is 6. The van der Waals surface area contributed by atoms with Gasteiger partial charge >= 0.3 is 35.8 Å². The second-order valence-electron chi connectivity index (χ2n) is 15.7. The Kier molecular flexibility index (Phi) is 17.8. The van der Waals surface area contributed by atoms with Crippen LogP contribution in [0.5, 0.6) is 11.5 Å². The minimum Gasteiger partial charge on any atom is -0.465 e. The van der Waals surface area contributed by atoms with Crippen molar-refractivity contribution in [3.63, 3.8) is 0 Å². The molecule has 13 nitrogen and oxygen atoms in total. The number of hydrogen-bond acceptors (Lipinski definition) is 15. The molecule has 4 aliphatic rings. The van der Waals surface area contributed by atoms with E-state index >= 15 is 0 Å². The molecule has 5 rings (SSSR count). The number of carbonyl (C=O) groups is 6. The molecular formula is C44H55NO12S2. The van der Waals surface area contributed by atoms with Gasteiger partial charge in [0.15, 0.2) is 5.57 Å². The highest BCUT2D eigenvalue weighted by Crippen LogP contribution is 2.59. The van der Waals surface area contributed by atoms with Gasteiger partial charge in [0.25, 0.3) is 0 Å². The lowest BCUT2D eigenvalue weighted by Crippen LogP contribution is -2.33. The lowest BCUT2D eigenvalue weighted by atomic mass is 9.82. The molecule has 0 aromatic heterocycles. The number of benzene rings is 1. The van der Waals surface area contributed by atoms with Crippen LogP contribution in [0.1, 0.15) is 117 Å². The highest BCUT2D eigenvalue weighted by Gasteiger charge is 2.37. The van der Waals surface area contributed by atoms with Gasteiger partial charge in [-0.15, -0.1) is 0 Å². The molecule has 320 valence electrons. The van der Waals surface area contributed by atoms with Gasteiger partial charge in [0.2, 0.25) is 0 Å². The van der Waals surface area contributed by atoms with Gasteiger partial charge in [-0.2, -0.15) is 5.26 Å². The van der Waals surface area contributed by atoms with E-state index in [1.54, 1.807) is 12.1 Å². The second-order valence-corrected chi connectivity index (χ2v) is 18.0. The highest BCUT2D eigenvalue weighted by atomic mass is 32.2. The van der Waals surface area contributed by atoms with Gasteiger partial charge in [-0.3, -0.25) is 19.2 Å². The summed E-state index contributed by atoms with van der Waals surface area (Å²) in [6, 6.07) is 5.15. The molecule has 0 saturated heterocycles.